The van der Waals surface area contributed by atoms with Gasteiger partial charge in [0, 0.05) is 12.1 Å². The summed E-state index contributed by atoms with van der Waals surface area (Å²) < 4.78 is 1.31. The molecule has 0 saturated carbocycles. The summed E-state index contributed by atoms with van der Waals surface area (Å²) in [7, 11) is 2.26. The zero-order valence-electron chi connectivity index (χ0n) is 10.5. The van der Waals surface area contributed by atoms with Crippen LogP contribution in [0.25, 0.3) is 15.8 Å². The number of nitrogens with zero attached hydrogens (tertiary/aromatic N) is 2. The first-order chi connectivity index (χ1) is 8.81. The number of hydrogen-bond acceptors (Lipinski definition) is 3. The number of rotatable bonds is 1. The largest absolute Gasteiger partial charge is 0.297 e. The van der Waals surface area contributed by atoms with Crippen molar-refractivity contribution in [2.24, 2.45) is 0 Å². The maximum Gasteiger partial charge on any atom is 0.120 e. The van der Waals surface area contributed by atoms with Crippen LogP contribution in [0.2, 0.25) is 0 Å². The van der Waals surface area contributed by atoms with Gasteiger partial charge in [0.25, 0.3) is 0 Å². The van der Waals surface area contributed by atoms with E-state index in [2.05, 4.69) is 42.3 Å². The van der Waals surface area contributed by atoms with Crippen LogP contribution in [0.4, 0.5) is 0 Å². The molecule has 1 fully saturated rings. The van der Waals surface area contributed by atoms with Crippen LogP contribution in [-0.2, 0) is 0 Å². The molecule has 1 saturated heterocycles. The zero-order valence-corrected chi connectivity index (χ0v) is 11.3. The number of benzene rings is 1. The van der Waals surface area contributed by atoms with E-state index in [1.165, 1.54) is 34.5 Å². The smallest absolute Gasteiger partial charge is 0.120 e. The summed E-state index contributed by atoms with van der Waals surface area (Å²) in [6.45, 7) is 0. The summed E-state index contributed by atoms with van der Waals surface area (Å²) in [4.78, 5) is 7.31. The third-order valence-electron chi connectivity index (χ3n) is 4.31. The molecule has 0 aliphatic carbocycles. The molecule has 2 aromatic rings. The van der Waals surface area contributed by atoms with Gasteiger partial charge in [0.2, 0.25) is 0 Å². The molecule has 2 aliphatic rings. The molecule has 18 heavy (non-hydrogen) atoms. The van der Waals surface area contributed by atoms with Gasteiger partial charge in [-0.05, 0) is 44.0 Å². The van der Waals surface area contributed by atoms with Crippen molar-refractivity contribution in [3.63, 3.8) is 0 Å². The molecule has 0 spiro atoms. The van der Waals surface area contributed by atoms with E-state index in [1.54, 1.807) is 0 Å². The Bertz CT molecular complexity index is 595. The van der Waals surface area contributed by atoms with Crippen molar-refractivity contribution in [1.29, 1.82) is 0 Å². The zero-order chi connectivity index (χ0) is 12.1. The Morgan fingerprint density at radius 1 is 1.28 bits per heavy atom. The lowest BCUT2D eigenvalue weighted by Gasteiger charge is -2.29. The number of hydrogen-bond donors (Lipinski definition) is 0. The average Bonchev–Trinajstić information content (AvgIpc) is 2.87. The van der Waals surface area contributed by atoms with Gasteiger partial charge in [0.1, 0.15) is 5.01 Å². The summed E-state index contributed by atoms with van der Waals surface area (Å²) in [5.41, 5.74) is 2.62. The Morgan fingerprint density at radius 2 is 2.17 bits per heavy atom. The molecule has 3 heterocycles. The van der Waals surface area contributed by atoms with Gasteiger partial charge in [-0.1, -0.05) is 18.2 Å². The molecule has 0 N–H and O–H groups in total. The summed E-state index contributed by atoms with van der Waals surface area (Å²) in [5, 5.41) is 1.24. The quantitative estimate of drug-likeness (QED) is 0.775. The van der Waals surface area contributed by atoms with Crippen molar-refractivity contribution >= 4 is 27.1 Å². The molecule has 2 aliphatic heterocycles. The number of thiazole rings is 1. The first-order valence-electron chi connectivity index (χ1n) is 6.60. The molecule has 3 heteroatoms. The highest BCUT2D eigenvalue weighted by Gasteiger charge is 2.34. The summed E-state index contributed by atoms with van der Waals surface area (Å²) >= 11 is 1.84. The van der Waals surface area contributed by atoms with E-state index < -0.39 is 0 Å². The van der Waals surface area contributed by atoms with Gasteiger partial charge >= 0.3 is 0 Å². The van der Waals surface area contributed by atoms with Gasteiger partial charge in [-0.2, -0.15) is 0 Å². The highest BCUT2D eigenvalue weighted by molar-refractivity contribution is 7.19. The lowest BCUT2D eigenvalue weighted by Crippen LogP contribution is -2.34. The third-order valence-corrected chi connectivity index (χ3v) is 5.42. The van der Waals surface area contributed by atoms with Crippen molar-refractivity contribution in [3.8, 4) is 0 Å². The minimum Gasteiger partial charge on any atom is -0.297 e. The molecule has 2 bridgehead atoms. The van der Waals surface area contributed by atoms with Gasteiger partial charge < -0.3 is 0 Å². The van der Waals surface area contributed by atoms with E-state index in [9.17, 15) is 0 Å². The number of likely N-dealkylation sites (N-methyl/N-ethyl adjacent to an activating group) is 1. The van der Waals surface area contributed by atoms with E-state index in [1.807, 2.05) is 11.3 Å². The molecule has 92 valence electrons. The minimum atomic E-state index is 0.644. The van der Waals surface area contributed by atoms with Crippen molar-refractivity contribution in [2.75, 3.05) is 7.05 Å². The Labute approximate surface area is 111 Å². The van der Waals surface area contributed by atoms with E-state index in [0.717, 1.165) is 11.6 Å². The first-order valence-corrected chi connectivity index (χ1v) is 7.41. The van der Waals surface area contributed by atoms with Gasteiger partial charge in [-0.3, -0.25) is 4.90 Å². The molecule has 0 amide bonds. The van der Waals surface area contributed by atoms with E-state index in [-0.39, 0.29) is 0 Å². The third kappa shape index (κ3) is 1.54. The molecule has 1 aromatic carbocycles. The van der Waals surface area contributed by atoms with Gasteiger partial charge in [0.05, 0.1) is 10.2 Å². The number of aromatic nitrogens is 1. The van der Waals surface area contributed by atoms with Crippen LogP contribution in [0.15, 0.2) is 30.3 Å². The Balaban J connectivity index is 1.77. The van der Waals surface area contributed by atoms with Crippen LogP contribution in [0, 0.1) is 0 Å². The Morgan fingerprint density at radius 3 is 3.00 bits per heavy atom. The van der Waals surface area contributed by atoms with Crippen molar-refractivity contribution in [2.45, 2.75) is 31.3 Å². The fourth-order valence-electron chi connectivity index (χ4n) is 3.21. The van der Waals surface area contributed by atoms with Crippen LogP contribution >= 0.6 is 11.3 Å². The van der Waals surface area contributed by atoms with Crippen LogP contribution in [-0.4, -0.2) is 29.0 Å². The summed E-state index contributed by atoms with van der Waals surface area (Å²) in [6.07, 6.45) is 6.27. The van der Waals surface area contributed by atoms with Gasteiger partial charge in [-0.25, -0.2) is 4.98 Å². The maximum atomic E-state index is 4.79. The lowest BCUT2D eigenvalue weighted by molar-refractivity contribution is 0.264. The second kappa shape index (κ2) is 3.90. The van der Waals surface area contributed by atoms with Crippen molar-refractivity contribution in [1.82, 2.24) is 9.88 Å². The van der Waals surface area contributed by atoms with Gasteiger partial charge in [-0.15, -0.1) is 11.3 Å². The molecular weight excluding hydrogens is 240 g/mol. The maximum absolute atomic E-state index is 4.79. The SMILES string of the molecule is CN1C2C=C(c3nc4ccccc4s3)CC1CC2. The average molecular weight is 256 g/mol. The molecule has 2 unspecified atom stereocenters. The molecule has 2 atom stereocenters. The molecular formula is C15H16N2S. The predicted molar refractivity (Wildman–Crippen MR) is 76.8 cm³/mol. The van der Waals surface area contributed by atoms with E-state index in [4.69, 9.17) is 4.98 Å². The standard InChI is InChI=1S/C15H16N2S/c1-17-11-6-7-12(17)9-10(8-11)15-16-13-4-2-3-5-14(13)18-15/h2-5,8,11-12H,6-7,9H2,1H3. The van der Waals surface area contributed by atoms with Crippen molar-refractivity contribution in [3.05, 3.63) is 35.3 Å². The normalized spacial score (nSPS) is 27.7. The number of fused-ring (bicyclic) bond motifs is 3. The topological polar surface area (TPSA) is 16.1 Å². The lowest BCUT2D eigenvalue weighted by atomic mass is 10.0. The minimum absolute atomic E-state index is 0.644. The molecule has 0 radical (unpaired) electrons. The second-order valence-electron chi connectivity index (χ2n) is 5.35. The predicted octanol–water partition coefficient (Wildman–Crippen LogP) is 3.55. The number of para-hydroxylation sites is 1. The second-order valence-corrected chi connectivity index (χ2v) is 6.38. The summed E-state index contributed by atoms with van der Waals surface area (Å²) in [5.74, 6) is 0. The van der Waals surface area contributed by atoms with E-state index >= 15 is 0 Å². The first kappa shape index (κ1) is 10.7. The van der Waals surface area contributed by atoms with E-state index in [0.29, 0.717) is 6.04 Å². The Kier molecular flexibility index (Phi) is 2.32. The van der Waals surface area contributed by atoms with Crippen LogP contribution in [0.3, 0.4) is 0 Å². The monoisotopic (exact) mass is 256 g/mol. The summed E-state index contributed by atoms with van der Waals surface area (Å²) in [6, 6.07) is 9.82. The fourth-order valence-corrected chi connectivity index (χ4v) is 4.21. The molecule has 2 nitrogen and oxygen atoms in total. The fraction of sp³-hybridized carbons (Fsp3) is 0.400. The molecule has 1 aromatic heterocycles. The van der Waals surface area contributed by atoms with Crippen LogP contribution < -0.4 is 0 Å². The highest BCUT2D eigenvalue weighted by atomic mass is 32.1. The van der Waals surface area contributed by atoms with Crippen LogP contribution in [0.5, 0.6) is 0 Å². The Hall–Kier alpha value is -1.19. The molecule has 4 rings (SSSR count). The van der Waals surface area contributed by atoms with Crippen LogP contribution in [0.1, 0.15) is 24.3 Å². The highest BCUT2D eigenvalue weighted by Crippen LogP contribution is 2.39. The van der Waals surface area contributed by atoms with Crippen molar-refractivity contribution < 1.29 is 0 Å². The van der Waals surface area contributed by atoms with Gasteiger partial charge in [0.15, 0.2) is 0 Å².